The molecule has 1 N–H and O–H groups in total. The first-order chi connectivity index (χ1) is 7.83. The molecule has 0 unspecified atom stereocenters. The second-order valence-electron chi connectivity index (χ2n) is 4.66. The molecule has 1 atom stereocenters. The number of hydrogen-bond acceptors (Lipinski definition) is 3. The van der Waals surface area contributed by atoms with E-state index in [1.807, 2.05) is 11.8 Å². The Labute approximate surface area is 102 Å². The van der Waals surface area contributed by atoms with Crippen LogP contribution in [0.1, 0.15) is 26.2 Å². The summed E-state index contributed by atoms with van der Waals surface area (Å²) in [7, 11) is 0. The molecule has 0 bridgehead atoms. The molecule has 92 valence electrons. The van der Waals surface area contributed by atoms with E-state index in [0.29, 0.717) is 11.9 Å². The number of rotatable bonds is 3. The molecular formula is C12H22N2OS. The molecule has 0 aromatic heterocycles. The van der Waals surface area contributed by atoms with Gasteiger partial charge >= 0.3 is 0 Å². The summed E-state index contributed by atoms with van der Waals surface area (Å²) in [6.45, 7) is 4.89. The Bertz CT molecular complexity index is 235. The second-order valence-corrected chi connectivity index (χ2v) is 5.88. The summed E-state index contributed by atoms with van der Waals surface area (Å²) in [5, 5.41) is 3.28. The molecule has 0 aromatic rings. The molecule has 2 aliphatic rings. The van der Waals surface area contributed by atoms with Crippen molar-refractivity contribution >= 4 is 17.7 Å². The molecule has 1 amide bonds. The maximum absolute atomic E-state index is 12.4. The summed E-state index contributed by atoms with van der Waals surface area (Å²) >= 11 is 2.02. The van der Waals surface area contributed by atoms with Gasteiger partial charge in [-0.1, -0.05) is 0 Å². The highest BCUT2D eigenvalue weighted by atomic mass is 32.2. The number of carbonyl (C=O) groups excluding carboxylic acids is 1. The Hall–Kier alpha value is -0.220. The quantitative estimate of drug-likeness (QED) is 0.810. The maximum Gasteiger partial charge on any atom is 0.227 e. The van der Waals surface area contributed by atoms with Crippen LogP contribution >= 0.6 is 11.8 Å². The third-order valence-corrected chi connectivity index (χ3v) is 4.71. The topological polar surface area (TPSA) is 32.3 Å². The van der Waals surface area contributed by atoms with Crippen LogP contribution in [0.3, 0.4) is 0 Å². The van der Waals surface area contributed by atoms with Crippen molar-refractivity contribution in [2.75, 3.05) is 31.1 Å². The Kier molecular flexibility index (Phi) is 4.53. The minimum absolute atomic E-state index is 0.245. The zero-order chi connectivity index (χ0) is 11.4. The molecule has 0 aliphatic carbocycles. The van der Waals surface area contributed by atoms with Crippen LogP contribution in [0, 0.1) is 5.92 Å². The van der Waals surface area contributed by atoms with Crippen molar-refractivity contribution in [3.8, 4) is 0 Å². The monoisotopic (exact) mass is 242 g/mol. The molecule has 2 heterocycles. The van der Waals surface area contributed by atoms with Crippen molar-refractivity contribution in [2.24, 2.45) is 5.92 Å². The van der Waals surface area contributed by atoms with E-state index in [0.717, 1.165) is 26.1 Å². The van der Waals surface area contributed by atoms with Crippen molar-refractivity contribution in [1.82, 2.24) is 10.2 Å². The molecule has 2 rings (SSSR count). The zero-order valence-corrected chi connectivity index (χ0v) is 10.9. The highest BCUT2D eigenvalue weighted by molar-refractivity contribution is 7.99. The molecule has 0 spiro atoms. The Morgan fingerprint density at radius 2 is 2.12 bits per heavy atom. The highest BCUT2D eigenvalue weighted by Crippen LogP contribution is 2.24. The molecule has 2 fully saturated rings. The lowest BCUT2D eigenvalue weighted by atomic mass is 10.0. The smallest absolute Gasteiger partial charge is 0.227 e. The molecule has 16 heavy (non-hydrogen) atoms. The fraction of sp³-hybridized carbons (Fsp3) is 0.917. The Morgan fingerprint density at radius 3 is 2.69 bits per heavy atom. The molecule has 4 heteroatoms. The molecule has 2 aliphatic heterocycles. The molecule has 2 saturated heterocycles. The van der Waals surface area contributed by atoms with Crippen molar-refractivity contribution in [3.05, 3.63) is 0 Å². The van der Waals surface area contributed by atoms with Gasteiger partial charge in [-0.15, -0.1) is 0 Å². The van der Waals surface area contributed by atoms with Gasteiger partial charge in [-0.25, -0.2) is 0 Å². The molecule has 0 aromatic carbocycles. The van der Waals surface area contributed by atoms with Crippen LogP contribution in [0.4, 0.5) is 0 Å². The van der Waals surface area contributed by atoms with Gasteiger partial charge in [0.05, 0.1) is 5.92 Å². The molecular weight excluding hydrogens is 220 g/mol. The van der Waals surface area contributed by atoms with E-state index in [4.69, 9.17) is 0 Å². The van der Waals surface area contributed by atoms with Gasteiger partial charge in [0.25, 0.3) is 0 Å². The highest BCUT2D eigenvalue weighted by Gasteiger charge is 2.30. The predicted molar refractivity (Wildman–Crippen MR) is 68.7 cm³/mol. The summed E-state index contributed by atoms with van der Waals surface area (Å²) < 4.78 is 0. The fourth-order valence-electron chi connectivity index (χ4n) is 2.69. The molecule has 0 radical (unpaired) electrons. The van der Waals surface area contributed by atoms with Gasteiger partial charge in [-0.2, -0.15) is 11.8 Å². The third kappa shape index (κ3) is 2.72. The van der Waals surface area contributed by atoms with Crippen LogP contribution < -0.4 is 5.32 Å². The summed E-state index contributed by atoms with van der Waals surface area (Å²) in [5.41, 5.74) is 0. The van der Waals surface area contributed by atoms with Crippen molar-refractivity contribution < 1.29 is 4.79 Å². The first-order valence-corrected chi connectivity index (χ1v) is 7.57. The zero-order valence-electron chi connectivity index (χ0n) is 10.1. The molecule has 0 saturated carbocycles. The number of nitrogens with zero attached hydrogens (tertiary/aromatic N) is 1. The van der Waals surface area contributed by atoms with Crippen LogP contribution in [0.2, 0.25) is 0 Å². The van der Waals surface area contributed by atoms with E-state index in [-0.39, 0.29) is 5.92 Å². The van der Waals surface area contributed by atoms with Gasteiger partial charge in [0.15, 0.2) is 0 Å². The number of amides is 1. The summed E-state index contributed by atoms with van der Waals surface area (Å²) in [6, 6.07) is 0.513. The van der Waals surface area contributed by atoms with Gasteiger partial charge in [0, 0.05) is 19.1 Å². The van der Waals surface area contributed by atoms with Crippen LogP contribution in [0.25, 0.3) is 0 Å². The first-order valence-electron chi connectivity index (χ1n) is 6.42. The van der Waals surface area contributed by atoms with E-state index in [1.165, 1.54) is 24.3 Å². The minimum atomic E-state index is 0.245. The number of thioether (sulfide) groups is 1. The van der Waals surface area contributed by atoms with E-state index >= 15 is 0 Å². The fourth-order valence-corrected chi connectivity index (χ4v) is 3.77. The van der Waals surface area contributed by atoms with Crippen LogP contribution in [0.5, 0.6) is 0 Å². The average molecular weight is 242 g/mol. The largest absolute Gasteiger partial charge is 0.340 e. The lowest BCUT2D eigenvalue weighted by Crippen LogP contribution is -2.45. The normalized spacial score (nSPS) is 26.9. The van der Waals surface area contributed by atoms with Crippen LogP contribution in [0.15, 0.2) is 0 Å². The van der Waals surface area contributed by atoms with E-state index in [1.54, 1.807) is 0 Å². The van der Waals surface area contributed by atoms with Gasteiger partial charge in [0.1, 0.15) is 0 Å². The van der Waals surface area contributed by atoms with E-state index in [9.17, 15) is 4.79 Å². The maximum atomic E-state index is 12.4. The molecule has 3 nitrogen and oxygen atoms in total. The van der Waals surface area contributed by atoms with Gasteiger partial charge in [0.2, 0.25) is 5.91 Å². The van der Waals surface area contributed by atoms with Gasteiger partial charge < -0.3 is 10.2 Å². The van der Waals surface area contributed by atoms with Crippen molar-refractivity contribution in [1.29, 1.82) is 0 Å². The number of nitrogens with one attached hydrogen (secondary N) is 1. The van der Waals surface area contributed by atoms with E-state index < -0.39 is 0 Å². The number of hydrogen-bond donors (Lipinski definition) is 1. The lowest BCUT2D eigenvalue weighted by molar-refractivity contribution is -0.137. The SMILES string of the molecule is CCN(C(=O)[C@H]1CCNC1)C1CCSCC1. The lowest BCUT2D eigenvalue weighted by Gasteiger charge is -2.35. The second kappa shape index (κ2) is 5.92. The van der Waals surface area contributed by atoms with Gasteiger partial charge in [-0.05, 0) is 44.2 Å². The third-order valence-electron chi connectivity index (χ3n) is 3.66. The van der Waals surface area contributed by atoms with Crippen molar-refractivity contribution in [2.45, 2.75) is 32.2 Å². The summed E-state index contributed by atoms with van der Waals surface area (Å²) in [4.78, 5) is 14.5. The predicted octanol–water partition coefficient (Wildman–Crippen LogP) is 1.34. The first kappa shape index (κ1) is 12.2. The van der Waals surface area contributed by atoms with E-state index in [2.05, 4.69) is 17.1 Å². The van der Waals surface area contributed by atoms with Crippen LogP contribution in [-0.4, -0.2) is 48.0 Å². The Morgan fingerprint density at radius 1 is 1.38 bits per heavy atom. The van der Waals surface area contributed by atoms with Crippen LogP contribution in [-0.2, 0) is 4.79 Å². The average Bonchev–Trinajstić information content (AvgIpc) is 2.85. The number of carbonyl (C=O) groups is 1. The summed E-state index contributed by atoms with van der Waals surface area (Å²) in [6.07, 6.45) is 3.39. The van der Waals surface area contributed by atoms with Crippen molar-refractivity contribution in [3.63, 3.8) is 0 Å². The summed E-state index contributed by atoms with van der Waals surface area (Å²) in [5.74, 6) is 3.08. The standard InChI is InChI=1S/C12H22N2OS/c1-2-14(11-4-7-16-8-5-11)12(15)10-3-6-13-9-10/h10-11,13H,2-9H2,1H3/t10-/m0/s1. The minimum Gasteiger partial charge on any atom is -0.340 e. The van der Waals surface area contributed by atoms with Gasteiger partial charge in [-0.3, -0.25) is 4.79 Å². The Balaban J connectivity index is 1.94.